The number of para-hydroxylation sites is 2. The molecule has 11 aromatic rings. The minimum absolute atomic E-state index is 0.244. The predicted molar refractivity (Wildman–Crippen MR) is 205 cm³/mol. The summed E-state index contributed by atoms with van der Waals surface area (Å²) in [6, 6.07) is 53.2. The number of nitrogens with zero attached hydrogens (tertiary/aromatic N) is 3. The first-order chi connectivity index (χ1) is 23.7. The van der Waals surface area contributed by atoms with Crippen molar-refractivity contribution < 1.29 is 0 Å². The van der Waals surface area contributed by atoms with Gasteiger partial charge in [0.25, 0.3) is 0 Å². The summed E-state index contributed by atoms with van der Waals surface area (Å²) in [5.74, 6) is 0. The van der Waals surface area contributed by atoms with Crippen molar-refractivity contribution in [1.82, 2.24) is 9.13 Å². The Labute approximate surface area is 284 Å². The molecule has 0 radical (unpaired) electrons. The van der Waals surface area contributed by atoms with Crippen molar-refractivity contribution in [2.45, 2.75) is 0 Å². The van der Waals surface area contributed by atoms with Crippen LogP contribution in [-0.2, 0) is 0 Å². The van der Waals surface area contributed by atoms with E-state index >= 15 is 0 Å². The third-order valence-corrected chi connectivity index (χ3v) is 13.6. The van der Waals surface area contributed by atoms with Gasteiger partial charge in [-0.05, 0) is 0 Å². The van der Waals surface area contributed by atoms with E-state index < -0.39 is 0 Å². The summed E-state index contributed by atoms with van der Waals surface area (Å²) in [7, 11) is 0. The fraction of sp³-hybridized carbons (Fsp3) is 0. The summed E-state index contributed by atoms with van der Waals surface area (Å²) in [6.45, 7) is 0. The zero-order valence-electron chi connectivity index (χ0n) is 25.4. The Balaban J connectivity index is 1.17. The summed E-state index contributed by atoms with van der Waals surface area (Å²) >= 11 is 2.14. The van der Waals surface area contributed by atoms with E-state index in [1.807, 2.05) is 23.5 Å². The molecule has 0 saturated carbocycles. The van der Waals surface area contributed by atoms with Crippen molar-refractivity contribution in [3.05, 3.63) is 145 Å². The van der Waals surface area contributed by atoms with Gasteiger partial charge in [-0.15, -0.1) is 0 Å². The predicted octanol–water partition coefficient (Wildman–Crippen LogP) is 11.5. The molecule has 0 amide bonds. The quantitative estimate of drug-likeness (QED) is 0.166. The minimum atomic E-state index is 0.244. The molecule has 7 aromatic carbocycles. The van der Waals surface area contributed by atoms with Gasteiger partial charge < -0.3 is 0 Å². The van der Waals surface area contributed by atoms with Crippen LogP contribution >= 0.6 is 11.3 Å². The van der Waals surface area contributed by atoms with Gasteiger partial charge in [-0.3, -0.25) is 0 Å². The van der Waals surface area contributed by atoms with Crippen LogP contribution in [-0.4, -0.2) is 23.6 Å². The molecule has 222 valence electrons. The molecular formula is C43H23N3SSe. The average molecular weight is 693 g/mol. The van der Waals surface area contributed by atoms with Crippen LogP contribution in [0.1, 0.15) is 5.56 Å². The maximum absolute atomic E-state index is 9.62. The first kappa shape index (κ1) is 26.4. The van der Waals surface area contributed by atoms with Gasteiger partial charge >= 0.3 is 286 Å². The molecule has 0 spiro atoms. The Bertz CT molecular complexity index is 3200. The number of thiophene rings is 1. The Kier molecular flexibility index (Phi) is 5.34. The monoisotopic (exact) mass is 693 g/mol. The number of benzene rings is 7. The third kappa shape index (κ3) is 3.52. The van der Waals surface area contributed by atoms with E-state index in [0.717, 1.165) is 27.5 Å². The van der Waals surface area contributed by atoms with E-state index in [2.05, 4.69) is 143 Å². The number of aromatic nitrogens is 2. The molecule has 48 heavy (non-hydrogen) atoms. The fourth-order valence-corrected chi connectivity index (χ4v) is 11.4. The molecule has 0 fully saturated rings. The number of nitriles is 1. The maximum atomic E-state index is 9.62. The van der Waals surface area contributed by atoms with Gasteiger partial charge in [0, 0.05) is 0 Å². The Morgan fingerprint density at radius 1 is 0.479 bits per heavy atom. The molecule has 4 heterocycles. The van der Waals surface area contributed by atoms with Crippen LogP contribution < -0.4 is 0 Å². The molecule has 0 N–H and O–H groups in total. The van der Waals surface area contributed by atoms with Crippen molar-refractivity contribution in [2.75, 3.05) is 0 Å². The van der Waals surface area contributed by atoms with Crippen LogP contribution in [0.2, 0.25) is 0 Å². The van der Waals surface area contributed by atoms with E-state index in [0.29, 0.717) is 5.56 Å². The second-order valence-electron chi connectivity index (χ2n) is 12.4. The molecule has 0 aliphatic heterocycles. The Morgan fingerprint density at radius 3 is 1.83 bits per heavy atom. The summed E-state index contributed by atoms with van der Waals surface area (Å²) in [5, 5.41) is 19.8. The molecule has 0 atom stereocenters. The van der Waals surface area contributed by atoms with E-state index in [4.69, 9.17) is 0 Å². The van der Waals surface area contributed by atoms with Crippen LogP contribution in [0.3, 0.4) is 0 Å². The summed E-state index contributed by atoms with van der Waals surface area (Å²) in [6.07, 6.45) is 0. The molecule has 0 aliphatic carbocycles. The van der Waals surface area contributed by atoms with E-state index in [-0.39, 0.29) is 14.5 Å². The second kappa shape index (κ2) is 9.70. The summed E-state index contributed by atoms with van der Waals surface area (Å²) in [4.78, 5) is 0. The molecule has 3 nitrogen and oxygen atoms in total. The van der Waals surface area contributed by atoms with Gasteiger partial charge in [0.2, 0.25) is 0 Å². The number of rotatable bonds is 2. The van der Waals surface area contributed by atoms with Gasteiger partial charge in [-0.25, -0.2) is 0 Å². The number of hydrogen-bond acceptors (Lipinski definition) is 2. The van der Waals surface area contributed by atoms with Gasteiger partial charge in [0.15, 0.2) is 0 Å². The van der Waals surface area contributed by atoms with Crippen molar-refractivity contribution in [1.29, 1.82) is 5.26 Å². The molecule has 0 unspecified atom stereocenters. The second-order valence-corrected chi connectivity index (χ2v) is 15.8. The molecular weight excluding hydrogens is 670 g/mol. The van der Waals surface area contributed by atoms with Crippen LogP contribution in [0.25, 0.3) is 94.5 Å². The molecule has 0 bridgehead atoms. The van der Waals surface area contributed by atoms with Gasteiger partial charge in [-0.1, -0.05) is 0 Å². The molecule has 0 aliphatic rings. The fourth-order valence-electron chi connectivity index (χ4n) is 7.87. The van der Waals surface area contributed by atoms with E-state index in [1.54, 1.807) is 0 Å². The van der Waals surface area contributed by atoms with Crippen LogP contribution in [0.4, 0.5) is 0 Å². The van der Waals surface area contributed by atoms with Crippen LogP contribution in [0.15, 0.2) is 140 Å². The van der Waals surface area contributed by atoms with Crippen molar-refractivity contribution in [3.63, 3.8) is 0 Å². The van der Waals surface area contributed by atoms with E-state index in [9.17, 15) is 5.26 Å². The first-order valence-electron chi connectivity index (χ1n) is 16.0. The third-order valence-electron chi connectivity index (χ3n) is 9.93. The standard InChI is InChI=1S/C43H23N3SSe/c44-24-25-13-17-37-32(21-25)28-7-1-4-10-35(28)45(37)26-14-19-40-33(22-26)34-23-27(15-20-41(34)48-40)46-36-11-5-2-9-31(36)42-38(46)18-16-30-29-8-3-6-12-39(29)47-43(30)42/h1-23H. The Morgan fingerprint density at radius 2 is 1.08 bits per heavy atom. The summed E-state index contributed by atoms with van der Waals surface area (Å²) in [5.41, 5.74) is 7.76. The van der Waals surface area contributed by atoms with Gasteiger partial charge in [-0.2, -0.15) is 0 Å². The normalized spacial score (nSPS) is 12.1. The number of hydrogen-bond donors (Lipinski definition) is 0. The zero-order chi connectivity index (χ0) is 31.5. The molecule has 4 aromatic heterocycles. The average Bonchev–Trinajstić information content (AvgIpc) is 3.88. The van der Waals surface area contributed by atoms with Crippen molar-refractivity contribution in [3.8, 4) is 17.4 Å². The molecule has 5 heteroatoms. The van der Waals surface area contributed by atoms with Crippen LogP contribution in [0.5, 0.6) is 0 Å². The van der Waals surface area contributed by atoms with Crippen LogP contribution in [0, 0.1) is 11.3 Å². The molecule has 0 saturated heterocycles. The topological polar surface area (TPSA) is 33.6 Å². The first-order valence-corrected chi connectivity index (χ1v) is 18.5. The van der Waals surface area contributed by atoms with E-state index in [1.165, 1.54) is 67.0 Å². The molecule has 11 rings (SSSR count). The Hall–Kier alpha value is -5.63. The van der Waals surface area contributed by atoms with Gasteiger partial charge in [0.05, 0.1) is 0 Å². The van der Waals surface area contributed by atoms with Crippen molar-refractivity contribution >= 4 is 109 Å². The SMILES string of the molecule is N#Cc1ccc2c(c1)c1ccccc1n2-c1ccc2[se]c3ccc(-n4c5ccccc5c5c6sc7ccccc7c6ccc54)cc3c2c1. The zero-order valence-corrected chi connectivity index (χ0v) is 28.0. The number of fused-ring (bicyclic) bond motifs is 13. The van der Waals surface area contributed by atoms with Gasteiger partial charge in [0.1, 0.15) is 0 Å². The van der Waals surface area contributed by atoms with Crippen molar-refractivity contribution in [2.24, 2.45) is 0 Å². The summed E-state index contributed by atoms with van der Waals surface area (Å²) < 4.78 is 10.3.